The van der Waals surface area contributed by atoms with Crippen molar-refractivity contribution in [3.63, 3.8) is 0 Å². The molecule has 0 atom stereocenters. The van der Waals surface area contributed by atoms with Gasteiger partial charge in [-0.15, -0.1) is 0 Å². The molecule has 2 aromatic carbocycles. The molecule has 1 aliphatic rings. The fraction of sp³-hybridized carbons (Fsp3) is 0.417. The highest BCUT2D eigenvalue weighted by atomic mass is 16.5. The number of carbonyl (C=O) groups excluding carboxylic acids is 1. The van der Waals surface area contributed by atoms with E-state index >= 15 is 0 Å². The molecule has 0 aromatic heterocycles. The molecular weight excluding hydrogens is 390 g/mol. The van der Waals surface area contributed by atoms with Crippen molar-refractivity contribution in [3.8, 4) is 0 Å². The summed E-state index contributed by atoms with van der Waals surface area (Å²) in [6, 6.07) is 17.8. The molecule has 3 rings (SSSR count). The highest BCUT2D eigenvalue weighted by Gasteiger charge is 2.12. The number of morpholine rings is 1. The average Bonchev–Trinajstić information content (AvgIpc) is 2.83. The minimum absolute atomic E-state index is 0.0417. The van der Waals surface area contributed by atoms with Crippen molar-refractivity contribution in [2.45, 2.75) is 19.5 Å². The summed E-state index contributed by atoms with van der Waals surface area (Å²) in [6.45, 7) is 6.56. The standard InChI is InChI=1S/C24H33N5O2/c1-25-24(27-13-7-12-26-23(30)20-8-3-2-4-9-20)28-18-21-10-5-6-11-22(21)19-29-14-16-31-17-15-29/h2-6,8-11H,7,12-19H2,1H3,(H,26,30)(H2,25,27,28). The van der Waals surface area contributed by atoms with Gasteiger partial charge >= 0.3 is 0 Å². The molecule has 0 bridgehead atoms. The van der Waals surface area contributed by atoms with Crippen LogP contribution in [0.25, 0.3) is 0 Å². The zero-order valence-electron chi connectivity index (χ0n) is 18.3. The zero-order valence-corrected chi connectivity index (χ0v) is 18.3. The molecule has 1 fully saturated rings. The Labute approximate surface area is 184 Å². The Kier molecular flexibility index (Phi) is 9.34. The number of hydrogen-bond donors (Lipinski definition) is 3. The lowest BCUT2D eigenvalue weighted by Gasteiger charge is -2.27. The van der Waals surface area contributed by atoms with Crippen molar-refractivity contribution in [2.75, 3.05) is 46.4 Å². The van der Waals surface area contributed by atoms with Crippen LogP contribution in [-0.2, 0) is 17.8 Å². The SMILES string of the molecule is CN=C(NCCCNC(=O)c1ccccc1)NCc1ccccc1CN1CCOCC1. The van der Waals surface area contributed by atoms with Crippen LogP contribution in [0.5, 0.6) is 0 Å². The molecule has 3 N–H and O–H groups in total. The number of nitrogens with zero attached hydrogens (tertiary/aromatic N) is 2. The molecular formula is C24H33N5O2. The minimum atomic E-state index is -0.0417. The van der Waals surface area contributed by atoms with Crippen molar-refractivity contribution in [1.82, 2.24) is 20.9 Å². The molecule has 1 amide bonds. The van der Waals surface area contributed by atoms with Crippen molar-refractivity contribution >= 4 is 11.9 Å². The normalized spacial score (nSPS) is 14.8. The predicted octanol–water partition coefficient (Wildman–Crippen LogP) is 2.00. The number of guanidine groups is 1. The molecule has 7 heteroatoms. The summed E-state index contributed by atoms with van der Waals surface area (Å²) in [5.41, 5.74) is 3.28. The van der Waals surface area contributed by atoms with E-state index in [2.05, 4.69) is 50.1 Å². The number of ether oxygens (including phenoxy) is 1. The average molecular weight is 424 g/mol. The van der Waals surface area contributed by atoms with Crippen LogP contribution >= 0.6 is 0 Å². The summed E-state index contributed by atoms with van der Waals surface area (Å²) >= 11 is 0. The third-order valence-electron chi connectivity index (χ3n) is 5.25. The minimum Gasteiger partial charge on any atom is -0.379 e. The van der Waals surface area contributed by atoms with Crippen LogP contribution < -0.4 is 16.0 Å². The summed E-state index contributed by atoms with van der Waals surface area (Å²) < 4.78 is 5.45. The van der Waals surface area contributed by atoms with Gasteiger partial charge in [0.15, 0.2) is 5.96 Å². The topological polar surface area (TPSA) is 78.0 Å². The smallest absolute Gasteiger partial charge is 0.251 e. The van der Waals surface area contributed by atoms with Gasteiger partial charge in [0.2, 0.25) is 0 Å². The van der Waals surface area contributed by atoms with Gasteiger partial charge in [-0.1, -0.05) is 42.5 Å². The molecule has 1 aliphatic heterocycles. The fourth-order valence-corrected chi connectivity index (χ4v) is 3.47. The fourth-order valence-electron chi connectivity index (χ4n) is 3.47. The van der Waals surface area contributed by atoms with Crippen LogP contribution in [0.2, 0.25) is 0 Å². The lowest BCUT2D eigenvalue weighted by atomic mass is 10.1. The van der Waals surface area contributed by atoms with Gasteiger partial charge in [-0.05, 0) is 29.7 Å². The van der Waals surface area contributed by atoms with Crippen LogP contribution in [-0.4, -0.2) is 63.2 Å². The van der Waals surface area contributed by atoms with E-state index in [4.69, 9.17) is 4.74 Å². The number of hydrogen-bond acceptors (Lipinski definition) is 4. The summed E-state index contributed by atoms with van der Waals surface area (Å²) in [4.78, 5) is 18.8. The van der Waals surface area contributed by atoms with Crippen molar-refractivity contribution in [1.29, 1.82) is 0 Å². The molecule has 0 aliphatic carbocycles. The van der Waals surface area contributed by atoms with E-state index in [0.717, 1.165) is 51.8 Å². The maximum absolute atomic E-state index is 12.1. The summed E-state index contributed by atoms with van der Waals surface area (Å²) in [5, 5.41) is 9.65. The van der Waals surface area contributed by atoms with E-state index in [1.54, 1.807) is 7.05 Å². The number of amides is 1. The van der Waals surface area contributed by atoms with Crippen LogP contribution in [0.3, 0.4) is 0 Å². The third-order valence-corrected chi connectivity index (χ3v) is 5.25. The first-order valence-electron chi connectivity index (χ1n) is 10.9. The Morgan fingerprint density at radius 1 is 0.935 bits per heavy atom. The second-order valence-electron chi connectivity index (χ2n) is 7.49. The predicted molar refractivity (Wildman–Crippen MR) is 124 cm³/mol. The molecule has 31 heavy (non-hydrogen) atoms. The highest BCUT2D eigenvalue weighted by molar-refractivity contribution is 5.94. The van der Waals surface area contributed by atoms with E-state index < -0.39 is 0 Å². The number of carbonyl (C=O) groups is 1. The summed E-state index contributed by atoms with van der Waals surface area (Å²) in [5.74, 6) is 0.718. The zero-order chi connectivity index (χ0) is 21.7. The van der Waals surface area contributed by atoms with Crippen LogP contribution in [0.4, 0.5) is 0 Å². The second-order valence-corrected chi connectivity index (χ2v) is 7.49. The summed E-state index contributed by atoms with van der Waals surface area (Å²) in [7, 11) is 1.77. The maximum atomic E-state index is 12.1. The van der Waals surface area contributed by atoms with Gasteiger partial charge in [0.25, 0.3) is 5.91 Å². The number of rotatable bonds is 9. The van der Waals surface area contributed by atoms with Crippen molar-refractivity contribution in [2.24, 2.45) is 4.99 Å². The van der Waals surface area contributed by atoms with Crippen LogP contribution in [0.15, 0.2) is 59.6 Å². The Morgan fingerprint density at radius 2 is 1.61 bits per heavy atom. The van der Waals surface area contributed by atoms with E-state index in [1.165, 1.54) is 11.1 Å². The lowest BCUT2D eigenvalue weighted by molar-refractivity contribution is 0.0341. The van der Waals surface area contributed by atoms with Gasteiger partial charge in [0, 0.05) is 51.9 Å². The first-order valence-corrected chi connectivity index (χ1v) is 10.9. The van der Waals surface area contributed by atoms with E-state index in [0.29, 0.717) is 18.7 Å². The molecule has 2 aromatic rings. The van der Waals surface area contributed by atoms with Crippen molar-refractivity contribution in [3.05, 3.63) is 71.3 Å². The molecule has 166 valence electrons. The molecule has 1 heterocycles. The van der Waals surface area contributed by atoms with Gasteiger partial charge in [-0.2, -0.15) is 0 Å². The van der Waals surface area contributed by atoms with E-state index in [-0.39, 0.29) is 5.91 Å². The van der Waals surface area contributed by atoms with Gasteiger partial charge in [-0.25, -0.2) is 0 Å². The Balaban J connectivity index is 1.38. The number of nitrogens with one attached hydrogen (secondary N) is 3. The molecule has 1 saturated heterocycles. The third kappa shape index (κ3) is 7.70. The summed E-state index contributed by atoms with van der Waals surface area (Å²) in [6.07, 6.45) is 0.812. The monoisotopic (exact) mass is 423 g/mol. The highest BCUT2D eigenvalue weighted by Crippen LogP contribution is 2.13. The van der Waals surface area contributed by atoms with Gasteiger partial charge in [0.05, 0.1) is 13.2 Å². The van der Waals surface area contributed by atoms with Crippen LogP contribution in [0, 0.1) is 0 Å². The molecule has 0 radical (unpaired) electrons. The molecule has 0 unspecified atom stereocenters. The first-order chi connectivity index (χ1) is 15.3. The van der Waals surface area contributed by atoms with Gasteiger partial charge in [-0.3, -0.25) is 14.7 Å². The number of benzene rings is 2. The van der Waals surface area contributed by atoms with Gasteiger partial charge in [0.1, 0.15) is 0 Å². The molecule has 0 spiro atoms. The quantitative estimate of drug-likeness (QED) is 0.327. The first kappa shape index (κ1) is 22.8. The van der Waals surface area contributed by atoms with E-state index in [1.807, 2.05) is 30.3 Å². The Hall–Kier alpha value is -2.90. The Bertz CT molecular complexity index is 835. The number of aliphatic imine (C=N–C) groups is 1. The van der Waals surface area contributed by atoms with Gasteiger partial charge < -0.3 is 20.7 Å². The molecule has 7 nitrogen and oxygen atoms in total. The largest absolute Gasteiger partial charge is 0.379 e. The Morgan fingerprint density at radius 3 is 2.35 bits per heavy atom. The molecule has 0 saturated carbocycles. The lowest BCUT2D eigenvalue weighted by Crippen LogP contribution is -2.39. The van der Waals surface area contributed by atoms with Crippen molar-refractivity contribution < 1.29 is 9.53 Å². The maximum Gasteiger partial charge on any atom is 0.251 e. The second kappa shape index (κ2) is 12.7. The van der Waals surface area contributed by atoms with E-state index in [9.17, 15) is 4.79 Å². The van der Waals surface area contributed by atoms with Crippen LogP contribution in [0.1, 0.15) is 27.9 Å².